The molecule has 2 nitrogen and oxygen atoms in total. The third-order valence-corrected chi connectivity index (χ3v) is 4.20. The highest BCUT2D eigenvalue weighted by molar-refractivity contribution is 5.19. The van der Waals surface area contributed by atoms with Gasteiger partial charge in [-0.1, -0.05) is 19.1 Å². The van der Waals surface area contributed by atoms with Crippen molar-refractivity contribution in [2.45, 2.75) is 57.7 Å². The number of ether oxygens (including phenoxy) is 1. The fourth-order valence-corrected chi connectivity index (χ4v) is 2.72. The van der Waals surface area contributed by atoms with Gasteiger partial charge in [-0.25, -0.2) is 4.39 Å². The number of hydrogen-bond acceptors (Lipinski definition) is 2. The van der Waals surface area contributed by atoms with E-state index in [1.54, 1.807) is 0 Å². The van der Waals surface area contributed by atoms with Crippen LogP contribution in [0.25, 0.3) is 0 Å². The number of rotatable bonds is 4. The van der Waals surface area contributed by atoms with Crippen LogP contribution in [0.5, 0.6) is 0 Å². The molecule has 0 aromatic heterocycles. The van der Waals surface area contributed by atoms with Crippen LogP contribution in [-0.2, 0) is 4.74 Å². The lowest BCUT2D eigenvalue weighted by Gasteiger charge is -2.39. The van der Waals surface area contributed by atoms with E-state index in [1.165, 1.54) is 12.1 Å². The van der Waals surface area contributed by atoms with Gasteiger partial charge in [0.1, 0.15) is 5.82 Å². The smallest absolute Gasteiger partial charge is 0.123 e. The highest BCUT2D eigenvalue weighted by Gasteiger charge is 2.32. The molecule has 1 aliphatic rings. The second-order valence-corrected chi connectivity index (χ2v) is 5.78. The Bertz CT molecular complexity index is 406. The molecule has 0 saturated carbocycles. The summed E-state index contributed by atoms with van der Waals surface area (Å²) in [4.78, 5) is 0. The van der Waals surface area contributed by atoms with Crippen molar-refractivity contribution < 1.29 is 9.13 Å². The minimum absolute atomic E-state index is 0.00155. The molecule has 0 bridgehead atoms. The SMILES string of the molecule is CCC1(C)CC(NC(C)c2ccc(F)cc2)CCO1. The second kappa shape index (κ2) is 6.02. The molecule has 0 radical (unpaired) electrons. The molecule has 2 rings (SSSR count). The molecule has 0 amide bonds. The molecule has 1 fully saturated rings. The van der Waals surface area contributed by atoms with Gasteiger partial charge in [0.15, 0.2) is 0 Å². The van der Waals surface area contributed by atoms with E-state index < -0.39 is 0 Å². The van der Waals surface area contributed by atoms with E-state index in [-0.39, 0.29) is 17.5 Å². The molecular weight excluding hydrogens is 241 g/mol. The third kappa shape index (κ3) is 3.77. The summed E-state index contributed by atoms with van der Waals surface area (Å²) in [6, 6.07) is 7.46. The lowest BCUT2D eigenvalue weighted by atomic mass is 9.89. The van der Waals surface area contributed by atoms with Crippen molar-refractivity contribution in [1.29, 1.82) is 0 Å². The van der Waals surface area contributed by atoms with Crippen molar-refractivity contribution in [1.82, 2.24) is 5.32 Å². The third-order valence-electron chi connectivity index (χ3n) is 4.20. The number of halogens is 1. The van der Waals surface area contributed by atoms with E-state index in [2.05, 4.69) is 26.1 Å². The van der Waals surface area contributed by atoms with Gasteiger partial charge in [-0.15, -0.1) is 0 Å². The first-order valence-corrected chi connectivity index (χ1v) is 7.18. The molecule has 3 unspecified atom stereocenters. The molecule has 106 valence electrons. The van der Waals surface area contributed by atoms with E-state index in [4.69, 9.17) is 4.74 Å². The van der Waals surface area contributed by atoms with Gasteiger partial charge in [-0.3, -0.25) is 0 Å². The van der Waals surface area contributed by atoms with Gasteiger partial charge in [-0.05, 0) is 50.8 Å². The first kappa shape index (κ1) is 14.5. The largest absolute Gasteiger partial charge is 0.375 e. The van der Waals surface area contributed by atoms with Crippen LogP contribution in [0, 0.1) is 5.82 Å². The molecule has 3 atom stereocenters. The molecule has 1 heterocycles. The summed E-state index contributed by atoms with van der Waals surface area (Å²) in [6.45, 7) is 7.30. The topological polar surface area (TPSA) is 21.3 Å². The predicted octanol–water partition coefficient (Wildman–Crippen LogP) is 3.82. The van der Waals surface area contributed by atoms with Crippen LogP contribution in [0.3, 0.4) is 0 Å². The Labute approximate surface area is 115 Å². The summed E-state index contributed by atoms with van der Waals surface area (Å²) in [5, 5.41) is 3.64. The average molecular weight is 265 g/mol. The standard InChI is InChI=1S/C16H24FNO/c1-4-16(3)11-15(9-10-19-16)18-12(2)13-5-7-14(17)8-6-13/h5-8,12,15,18H,4,9-11H2,1-3H3. The van der Waals surface area contributed by atoms with Gasteiger partial charge >= 0.3 is 0 Å². The normalized spacial score (nSPS) is 29.2. The molecule has 1 N–H and O–H groups in total. The van der Waals surface area contributed by atoms with Gasteiger partial charge in [0.05, 0.1) is 5.60 Å². The summed E-state index contributed by atoms with van der Waals surface area (Å²) < 4.78 is 18.8. The van der Waals surface area contributed by atoms with E-state index in [0.717, 1.165) is 31.4 Å². The van der Waals surface area contributed by atoms with Gasteiger partial charge in [-0.2, -0.15) is 0 Å². The highest BCUT2D eigenvalue weighted by Crippen LogP contribution is 2.29. The summed E-state index contributed by atoms with van der Waals surface area (Å²) in [7, 11) is 0. The first-order valence-electron chi connectivity index (χ1n) is 7.18. The van der Waals surface area contributed by atoms with E-state index in [1.807, 2.05) is 12.1 Å². The van der Waals surface area contributed by atoms with Crippen molar-refractivity contribution in [3.8, 4) is 0 Å². The summed E-state index contributed by atoms with van der Waals surface area (Å²) in [6.07, 6.45) is 3.12. The fourth-order valence-electron chi connectivity index (χ4n) is 2.72. The number of nitrogens with one attached hydrogen (secondary N) is 1. The molecule has 1 saturated heterocycles. The van der Waals surface area contributed by atoms with Crippen molar-refractivity contribution in [3.05, 3.63) is 35.6 Å². The fraction of sp³-hybridized carbons (Fsp3) is 0.625. The van der Waals surface area contributed by atoms with E-state index in [9.17, 15) is 4.39 Å². The maximum absolute atomic E-state index is 12.9. The lowest BCUT2D eigenvalue weighted by Crippen LogP contribution is -2.45. The van der Waals surface area contributed by atoms with Crippen LogP contribution in [0.4, 0.5) is 4.39 Å². The minimum Gasteiger partial charge on any atom is -0.375 e. The molecule has 1 aliphatic heterocycles. The van der Waals surface area contributed by atoms with Crippen LogP contribution < -0.4 is 5.32 Å². The lowest BCUT2D eigenvalue weighted by molar-refractivity contribution is -0.0789. The Balaban J connectivity index is 1.95. The number of benzene rings is 1. The predicted molar refractivity (Wildman–Crippen MR) is 75.6 cm³/mol. The van der Waals surface area contributed by atoms with Gasteiger partial charge < -0.3 is 10.1 Å². The summed E-state index contributed by atoms with van der Waals surface area (Å²) in [5.41, 5.74) is 1.13. The Hall–Kier alpha value is -0.930. The molecule has 3 heteroatoms. The quantitative estimate of drug-likeness (QED) is 0.893. The second-order valence-electron chi connectivity index (χ2n) is 5.78. The van der Waals surface area contributed by atoms with Crippen molar-refractivity contribution in [2.24, 2.45) is 0 Å². The Kier molecular flexibility index (Phi) is 4.58. The Morgan fingerprint density at radius 1 is 1.42 bits per heavy atom. The molecule has 0 spiro atoms. The zero-order chi connectivity index (χ0) is 13.9. The van der Waals surface area contributed by atoms with E-state index in [0.29, 0.717) is 6.04 Å². The molecule has 0 aliphatic carbocycles. The van der Waals surface area contributed by atoms with Crippen LogP contribution in [0.2, 0.25) is 0 Å². The van der Waals surface area contributed by atoms with Gasteiger partial charge in [0, 0.05) is 18.7 Å². The van der Waals surface area contributed by atoms with Crippen molar-refractivity contribution >= 4 is 0 Å². The zero-order valence-electron chi connectivity index (χ0n) is 12.1. The molecule has 19 heavy (non-hydrogen) atoms. The minimum atomic E-state index is -0.180. The number of hydrogen-bond donors (Lipinski definition) is 1. The molecular formula is C16H24FNO. The van der Waals surface area contributed by atoms with Crippen LogP contribution in [0.15, 0.2) is 24.3 Å². The van der Waals surface area contributed by atoms with Gasteiger partial charge in [0.2, 0.25) is 0 Å². The Morgan fingerprint density at radius 3 is 2.74 bits per heavy atom. The molecule has 1 aromatic carbocycles. The van der Waals surface area contributed by atoms with E-state index >= 15 is 0 Å². The highest BCUT2D eigenvalue weighted by atomic mass is 19.1. The summed E-state index contributed by atoms with van der Waals surface area (Å²) in [5.74, 6) is -0.180. The van der Waals surface area contributed by atoms with Crippen molar-refractivity contribution in [2.75, 3.05) is 6.61 Å². The van der Waals surface area contributed by atoms with Crippen molar-refractivity contribution in [3.63, 3.8) is 0 Å². The maximum Gasteiger partial charge on any atom is 0.123 e. The summed E-state index contributed by atoms with van der Waals surface area (Å²) >= 11 is 0. The van der Waals surface area contributed by atoms with Gasteiger partial charge in [0.25, 0.3) is 0 Å². The average Bonchev–Trinajstić information content (AvgIpc) is 2.39. The maximum atomic E-state index is 12.9. The van der Waals surface area contributed by atoms with Crippen LogP contribution in [0.1, 0.15) is 51.6 Å². The zero-order valence-corrected chi connectivity index (χ0v) is 12.1. The first-order chi connectivity index (χ1) is 9.02. The Morgan fingerprint density at radius 2 is 2.11 bits per heavy atom. The molecule has 1 aromatic rings. The van der Waals surface area contributed by atoms with Crippen LogP contribution in [-0.4, -0.2) is 18.2 Å². The van der Waals surface area contributed by atoms with Crippen LogP contribution >= 0.6 is 0 Å². The monoisotopic (exact) mass is 265 g/mol.